The molecule has 1 atom stereocenters. The number of nitrogens with one attached hydrogen (secondary N) is 1. The lowest BCUT2D eigenvalue weighted by Crippen LogP contribution is -2.45. The maximum Gasteiger partial charge on any atom is 0.243 e. The van der Waals surface area contributed by atoms with E-state index in [9.17, 15) is 13.2 Å². The van der Waals surface area contributed by atoms with Crippen LogP contribution in [0.2, 0.25) is 0 Å². The molecule has 2 aromatic rings. The number of aryl methyl sites for hydroxylation is 1. The highest BCUT2D eigenvalue weighted by atomic mass is 32.2. The van der Waals surface area contributed by atoms with Gasteiger partial charge in [-0.05, 0) is 76.4 Å². The molecule has 1 aromatic carbocycles. The third-order valence-corrected chi connectivity index (χ3v) is 8.57. The van der Waals surface area contributed by atoms with Gasteiger partial charge in [0.25, 0.3) is 0 Å². The minimum absolute atomic E-state index is 0.0356. The molecule has 0 radical (unpaired) electrons. The van der Waals surface area contributed by atoms with Crippen LogP contribution in [-0.2, 0) is 21.4 Å². The van der Waals surface area contributed by atoms with Gasteiger partial charge in [0.2, 0.25) is 15.9 Å². The number of carbonyl (C=O) groups is 1. The summed E-state index contributed by atoms with van der Waals surface area (Å²) in [6, 6.07) is 4.99. The van der Waals surface area contributed by atoms with E-state index in [2.05, 4.69) is 27.5 Å². The zero-order valence-corrected chi connectivity index (χ0v) is 20.4. The highest BCUT2D eigenvalue weighted by Crippen LogP contribution is 2.26. The third-order valence-electron chi connectivity index (χ3n) is 6.71. The van der Waals surface area contributed by atoms with Crippen LogP contribution >= 0.6 is 0 Å². The summed E-state index contributed by atoms with van der Waals surface area (Å²) < 4.78 is 29.8. The van der Waals surface area contributed by atoms with Gasteiger partial charge in [-0.1, -0.05) is 18.6 Å². The maximum atomic E-state index is 13.3. The Morgan fingerprint density at radius 2 is 1.94 bits per heavy atom. The molecule has 4 rings (SSSR count). The Morgan fingerprint density at radius 3 is 2.73 bits per heavy atom. The number of likely N-dealkylation sites (tertiary alicyclic amines) is 1. The van der Waals surface area contributed by atoms with Gasteiger partial charge in [-0.3, -0.25) is 4.79 Å². The zero-order chi connectivity index (χ0) is 23.3. The first-order valence-electron chi connectivity index (χ1n) is 12.3. The number of nitrogens with zero attached hydrogens (tertiary/aromatic N) is 5. The van der Waals surface area contributed by atoms with E-state index in [0.717, 1.165) is 44.5 Å². The molecular weight excluding hydrogens is 440 g/mol. The average molecular weight is 477 g/mol. The number of fused-ring (bicyclic) bond motifs is 1. The zero-order valence-electron chi connectivity index (χ0n) is 19.6. The lowest BCUT2D eigenvalue weighted by atomic mass is 9.99. The average Bonchev–Trinajstić information content (AvgIpc) is 3.25. The van der Waals surface area contributed by atoms with E-state index in [-0.39, 0.29) is 23.3 Å². The fourth-order valence-corrected chi connectivity index (χ4v) is 6.40. The van der Waals surface area contributed by atoms with E-state index in [1.54, 1.807) is 22.9 Å². The minimum Gasteiger partial charge on any atom is -0.356 e. The highest BCUT2D eigenvalue weighted by Gasteiger charge is 2.33. The van der Waals surface area contributed by atoms with Crippen molar-refractivity contribution in [3.63, 3.8) is 0 Å². The predicted molar refractivity (Wildman–Crippen MR) is 127 cm³/mol. The number of benzene rings is 1. The summed E-state index contributed by atoms with van der Waals surface area (Å²) in [6.45, 7) is 7.42. The Balaban J connectivity index is 1.33. The number of hydrogen-bond donors (Lipinski definition) is 1. The summed E-state index contributed by atoms with van der Waals surface area (Å²) in [5, 5.41) is 11.3. The first kappa shape index (κ1) is 24.1. The topological polar surface area (TPSA) is 100 Å². The molecule has 3 heterocycles. The molecule has 9 nitrogen and oxygen atoms in total. The maximum absolute atomic E-state index is 13.3. The van der Waals surface area contributed by atoms with Gasteiger partial charge in [0.05, 0.1) is 16.3 Å². The van der Waals surface area contributed by atoms with E-state index in [1.165, 1.54) is 23.6 Å². The number of carbonyl (C=O) groups excluding carboxylic acids is 1. The van der Waals surface area contributed by atoms with Crippen LogP contribution in [0.1, 0.15) is 51.9 Å². The molecule has 2 fully saturated rings. The van der Waals surface area contributed by atoms with E-state index in [4.69, 9.17) is 0 Å². The smallest absolute Gasteiger partial charge is 0.243 e. The molecule has 0 aliphatic carbocycles. The first-order chi connectivity index (χ1) is 16.0. The number of aromatic nitrogens is 3. The molecule has 0 bridgehead atoms. The Bertz CT molecular complexity index is 1050. The van der Waals surface area contributed by atoms with Gasteiger partial charge in [-0.2, -0.15) is 4.31 Å². The monoisotopic (exact) mass is 476 g/mol. The van der Waals surface area contributed by atoms with Crippen molar-refractivity contribution in [1.82, 2.24) is 29.5 Å². The van der Waals surface area contributed by atoms with Crippen LogP contribution in [0.3, 0.4) is 0 Å². The van der Waals surface area contributed by atoms with Crippen molar-refractivity contribution in [1.29, 1.82) is 0 Å². The number of hydrogen-bond acceptors (Lipinski definition) is 6. The van der Waals surface area contributed by atoms with Crippen molar-refractivity contribution in [2.24, 2.45) is 5.92 Å². The van der Waals surface area contributed by atoms with Crippen molar-refractivity contribution in [2.75, 3.05) is 39.3 Å². The SMILES string of the molecule is CCCn1nnc2cc(S(=O)(=O)N3CCC[C@@H](C(=O)NCCCN4CCCCC4)C3)ccc21. The molecule has 182 valence electrons. The van der Waals surface area contributed by atoms with Crippen LogP contribution in [0.25, 0.3) is 11.0 Å². The molecule has 10 heteroatoms. The Morgan fingerprint density at radius 1 is 1.12 bits per heavy atom. The van der Waals surface area contributed by atoms with Crippen LogP contribution < -0.4 is 5.32 Å². The standard InChI is InChI=1S/C23H36N6O3S/c1-2-12-29-22-10-9-20(17-21(22)25-26-29)33(31,32)28-16-6-8-19(18-28)23(30)24-11-7-15-27-13-4-3-5-14-27/h9-10,17,19H,2-8,11-16,18H2,1H3,(H,24,30)/t19-/m1/s1. The van der Waals surface area contributed by atoms with Gasteiger partial charge < -0.3 is 10.2 Å². The second-order valence-corrected chi connectivity index (χ2v) is 11.2. The molecule has 0 unspecified atom stereocenters. The fourth-order valence-electron chi connectivity index (χ4n) is 4.85. The molecule has 2 aliphatic rings. The molecule has 0 saturated carbocycles. The predicted octanol–water partition coefficient (Wildman–Crippen LogP) is 2.23. The van der Waals surface area contributed by atoms with Crippen molar-refractivity contribution in [3.05, 3.63) is 18.2 Å². The van der Waals surface area contributed by atoms with Gasteiger partial charge in [-0.15, -0.1) is 5.10 Å². The van der Waals surface area contributed by atoms with Crippen molar-refractivity contribution < 1.29 is 13.2 Å². The van der Waals surface area contributed by atoms with Crippen molar-refractivity contribution in [3.8, 4) is 0 Å². The number of sulfonamides is 1. The summed E-state index contributed by atoms with van der Waals surface area (Å²) in [5.74, 6) is -0.343. The van der Waals surface area contributed by atoms with E-state index in [0.29, 0.717) is 31.4 Å². The number of rotatable bonds is 9. The Hall–Kier alpha value is -2.04. The molecule has 33 heavy (non-hydrogen) atoms. The summed E-state index contributed by atoms with van der Waals surface area (Å²) in [4.78, 5) is 15.4. The second-order valence-electron chi connectivity index (χ2n) is 9.21. The van der Waals surface area contributed by atoms with E-state index < -0.39 is 10.0 Å². The number of amides is 1. The van der Waals surface area contributed by atoms with Crippen molar-refractivity contribution >= 4 is 27.0 Å². The first-order valence-corrected chi connectivity index (χ1v) is 13.8. The minimum atomic E-state index is -3.69. The fraction of sp³-hybridized carbons (Fsp3) is 0.696. The van der Waals surface area contributed by atoms with E-state index >= 15 is 0 Å². The number of piperidine rings is 2. The van der Waals surface area contributed by atoms with Crippen LogP contribution in [0.4, 0.5) is 0 Å². The second kappa shape index (κ2) is 10.9. The summed E-state index contributed by atoms with van der Waals surface area (Å²) in [7, 11) is -3.69. The lowest BCUT2D eigenvalue weighted by Gasteiger charge is -2.31. The van der Waals surface area contributed by atoms with Gasteiger partial charge in [0, 0.05) is 26.2 Å². The van der Waals surface area contributed by atoms with E-state index in [1.807, 2.05) is 0 Å². The van der Waals surface area contributed by atoms with Gasteiger partial charge in [0.1, 0.15) is 5.52 Å². The lowest BCUT2D eigenvalue weighted by molar-refractivity contribution is -0.126. The summed E-state index contributed by atoms with van der Waals surface area (Å²) in [5.41, 5.74) is 1.40. The van der Waals surface area contributed by atoms with Gasteiger partial charge in [-0.25, -0.2) is 13.1 Å². The summed E-state index contributed by atoms with van der Waals surface area (Å²) >= 11 is 0. The van der Waals surface area contributed by atoms with Crippen molar-refractivity contribution in [2.45, 2.75) is 63.3 Å². The van der Waals surface area contributed by atoms with Gasteiger partial charge in [0.15, 0.2) is 0 Å². The molecule has 2 aliphatic heterocycles. The quantitative estimate of drug-likeness (QED) is 0.557. The van der Waals surface area contributed by atoms with Crippen LogP contribution in [-0.4, -0.2) is 77.8 Å². The van der Waals surface area contributed by atoms with Crippen LogP contribution in [0.15, 0.2) is 23.1 Å². The molecule has 2 saturated heterocycles. The largest absolute Gasteiger partial charge is 0.356 e. The molecular formula is C23H36N6O3S. The van der Waals surface area contributed by atoms with Gasteiger partial charge >= 0.3 is 0 Å². The normalized spacial score (nSPS) is 20.8. The molecule has 0 spiro atoms. The molecule has 1 aromatic heterocycles. The molecule has 1 N–H and O–H groups in total. The third kappa shape index (κ3) is 5.73. The molecule has 1 amide bonds. The summed E-state index contributed by atoms with van der Waals surface area (Å²) in [6.07, 6.45) is 7.11. The Kier molecular flexibility index (Phi) is 7.98. The highest BCUT2D eigenvalue weighted by molar-refractivity contribution is 7.89. The Labute approximate surface area is 196 Å². The van der Waals surface area contributed by atoms with Crippen LogP contribution in [0, 0.1) is 5.92 Å². The van der Waals surface area contributed by atoms with Crippen LogP contribution in [0.5, 0.6) is 0 Å².